The zero-order valence-electron chi connectivity index (χ0n) is 15.7. The molecule has 0 spiro atoms. The summed E-state index contributed by atoms with van der Waals surface area (Å²) in [5.74, 6) is -1.77. The van der Waals surface area contributed by atoms with Crippen LogP contribution in [0, 0.1) is 11.3 Å². The number of nitrogens with zero attached hydrogens (tertiary/aromatic N) is 1. The second-order valence-electron chi connectivity index (χ2n) is 8.53. The average molecular weight is 342 g/mol. The van der Waals surface area contributed by atoms with Crippen molar-refractivity contribution in [3.05, 3.63) is 0 Å². The van der Waals surface area contributed by atoms with E-state index in [1.807, 2.05) is 20.8 Å². The van der Waals surface area contributed by atoms with Gasteiger partial charge in [0.25, 0.3) is 0 Å². The average Bonchev–Trinajstić information content (AvgIpc) is 2.42. The molecule has 1 fully saturated rings. The molecule has 7 nitrogen and oxygen atoms in total. The number of carboxylic acids is 1. The largest absolute Gasteiger partial charge is 0.480 e. The van der Waals surface area contributed by atoms with E-state index >= 15 is 0 Å². The summed E-state index contributed by atoms with van der Waals surface area (Å²) in [6.07, 6.45) is 1.59. The Labute approximate surface area is 144 Å². The van der Waals surface area contributed by atoms with E-state index in [0.717, 1.165) is 30.4 Å². The maximum absolute atomic E-state index is 12.6. The molecule has 0 saturated carbocycles. The quantitative estimate of drug-likeness (QED) is 0.637. The first-order chi connectivity index (χ1) is 10.8. The van der Waals surface area contributed by atoms with Gasteiger partial charge in [-0.3, -0.25) is 14.4 Å². The van der Waals surface area contributed by atoms with E-state index in [0.29, 0.717) is 0 Å². The van der Waals surface area contributed by atoms with Crippen LogP contribution in [0.25, 0.3) is 0 Å². The van der Waals surface area contributed by atoms with E-state index in [4.69, 9.17) is 5.11 Å². The molecule has 24 heavy (non-hydrogen) atoms. The van der Waals surface area contributed by atoms with E-state index in [-0.39, 0.29) is 11.8 Å². The summed E-state index contributed by atoms with van der Waals surface area (Å²) < 4.78 is 0.906. The van der Waals surface area contributed by atoms with Crippen molar-refractivity contribution in [2.45, 2.75) is 52.6 Å². The van der Waals surface area contributed by atoms with Crippen molar-refractivity contribution in [1.82, 2.24) is 10.6 Å². The molecule has 1 saturated heterocycles. The highest BCUT2D eigenvalue weighted by Crippen LogP contribution is 2.23. The number of hydrogen-bond donors (Lipinski definition) is 3. The van der Waals surface area contributed by atoms with E-state index in [2.05, 4.69) is 24.7 Å². The Morgan fingerprint density at radius 1 is 1.08 bits per heavy atom. The number of quaternary nitrogens is 1. The highest BCUT2D eigenvalue weighted by molar-refractivity contribution is 5.91. The van der Waals surface area contributed by atoms with Crippen LogP contribution in [0.15, 0.2) is 0 Å². The highest BCUT2D eigenvalue weighted by atomic mass is 16.4. The maximum atomic E-state index is 12.6. The number of piperidine rings is 1. The molecule has 0 radical (unpaired) electrons. The number of carboxylic acid groups (broad SMARTS) is 1. The number of carbonyl (C=O) groups is 3. The Balaban J connectivity index is 2.75. The van der Waals surface area contributed by atoms with Gasteiger partial charge in [0.05, 0.1) is 27.2 Å². The maximum Gasteiger partial charge on any atom is 0.325 e. The van der Waals surface area contributed by atoms with Gasteiger partial charge in [-0.2, -0.15) is 0 Å². The molecule has 0 aromatic rings. The fourth-order valence-corrected chi connectivity index (χ4v) is 2.82. The molecule has 1 aliphatic heterocycles. The molecular weight excluding hydrogens is 310 g/mol. The van der Waals surface area contributed by atoms with E-state index in [1.54, 1.807) is 0 Å². The molecule has 138 valence electrons. The van der Waals surface area contributed by atoms with Crippen molar-refractivity contribution in [1.29, 1.82) is 0 Å². The fraction of sp³-hybridized carbons (Fsp3) is 0.824. The Morgan fingerprint density at radius 3 is 2.00 bits per heavy atom. The van der Waals surface area contributed by atoms with Crippen LogP contribution in [0.4, 0.5) is 0 Å². The summed E-state index contributed by atoms with van der Waals surface area (Å²) >= 11 is 0. The Hall–Kier alpha value is -1.63. The van der Waals surface area contributed by atoms with Crippen LogP contribution in [0.5, 0.6) is 0 Å². The zero-order chi connectivity index (χ0) is 18.7. The SMILES string of the molecule is C[C@H](NC(=O)[C@@H](NC(=O)C1CC[N+](C)(C)CC1)C(C)(C)C)C(=O)O. The minimum Gasteiger partial charge on any atom is -0.480 e. The second-order valence-corrected chi connectivity index (χ2v) is 8.53. The lowest BCUT2D eigenvalue weighted by molar-refractivity contribution is -0.895. The molecule has 1 heterocycles. The molecule has 2 amide bonds. The van der Waals surface area contributed by atoms with E-state index in [1.165, 1.54) is 6.92 Å². The monoisotopic (exact) mass is 342 g/mol. The number of aliphatic carboxylic acids is 1. The van der Waals surface area contributed by atoms with Crippen molar-refractivity contribution in [2.24, 2.45) is 11.3 Å². The number of amides is 2. The molecule has 1 aliphatic rings. The van der Waals surface area contributed by atoms with Crippen molar-refractivity contribution >= 4 is 17.8 Å². The molecule has 0 aromatic carbocycles. The van der Waals surface area contributed by atoms with Gasteiger partial charge < -0.3 is 20.2 Å². The second kappa shape index (κ2) is 7.51. The molecule has 3 N–H and O–H groups in total. The molecule has 0 aliphatic carbocycles. The molecule has 7 heteroatoms. The standard InChI is InChI=1S/C17H31N3O4/c1-11(16(23)24)18-15(22)13(17(2,3)4)19-14(21)12-7-9-20(5,6)10-8-12/h11-13H,7-10H2,1-6H3,(H2-,18,19,21,22,23,24)/p+1/t11-,13+/m0/s1. The summed E-state index contributed by atoms with van der Waals surface area (Å²) in [4.78, 5) is 35.9. The van der Waals surface area contributed by atoms with Gasteiger partial charge in [0, 0.05) is 18.8 Å². The molecule has 0 bridgehead atoms. The fourth-order valence-electron chi connectivity index (χ4n) is 2.82. The minimum atomic E-state index is -1.10. The van der Waals surface area contributed by atoms with E-state index < -0.39 is 29.4 Å². The lowest BCUT2D eigenvalue weighted by atomic mass is 9.85. The van der Waals surface area contributed by atoms with Crippen LogP contribution in [-0.4, -0.2) is 66.6 Å². The van der Waals surface area contributed by atoms with E-state index in [9.17, 15) is 14.4 Å². The number of nitrogens with one attached hydrogen (secondary N) is 2. The summed E-state index contributed by atoms with van der Waals surface area (Å²) in [5.41, 5.74) is -0.512. The molecule has 2 atom stereocenters. The van der Waals surface area contributed by atoms with Crippen LogP contribution in [0.2, 0.25) is 0 Å². The normalized spacial score (nSPS) is 20.8. The van der Waals surface area contributed by atoms with Crippen molar-refractivity contribution in [2.75, 3.05) is 27.2 Å². The van der Waals surface area contributed by atoms with Gasteiger partial charge in [-0.25, -0.2) is 0 Å². The molecule has 0 aromatic heterocycles. The zero-order valence-corrected chi connectivity index (χ0v) is 15.7. The first kappa shape index (κ1) is 20.4. The van der Waals surface area contributed by atoms with Gasteiger partial charge >= 0.3 is 5.97 Å². The third kappa shape index (κ3) is 5.78. The minimum absolute atomic E-state index is 0.0919. The van der Waals surface area contributed by atoms with Crippen molar-refractivity contribution in [3.63, 3.8) is 0 Å². The summed E-state index contributed by atoms with van der Waals surface area (Å²) in [6, 6.07) is -1.76. The number of rotatable bonds is 5. The summed E-state index contributed by atoms with van der Waals surface area (Å²) in [5, 5.41) is 14.2. The molecular formula is C17H32N3O4+. The van der Waals surface area contributed by atoms with Crippen LogP contribution >= 0.6 is 0 Å². The van der Waals surface area contributed by atoms with Crippen LogP contribution in [-0.2, 0) is 14.4 Å². The van der Waals surface area contributed by atoms with Crippen LogP contribution in [0.3, 0.4) is 0 Å². The predicted molar refractivity (Wildman–Crippen MR) is 91.2 cm³/mol. The Bertz CT molecular complexity index is 487. The van der Waals surface area contributed by atoms with Gasteiger partial charge in [0.2, 0.25) is 11.8 Å². The third-order valence-electron chi connectivity index (χ3n) is 4.68. The van der Waals surface area contributed by atoms with Crippen LogP contribution in [0.1, 0.15) is 40.5 Å². The lowest BCUT2D eigenvalue weighted by Crippen LogP contribution is -2.58. The highest BCUT2D eigenvalue weighted by Gasteiger charge is 2.37. The number of likely N-dealkylation sites (tertiary alicyclic amines) is 1. The molecule has 1 rings (SSSR count). The molecule has 0 unspecified atom stereocenters. The van der Waals surface area contributed by atoms with Crippen molar-refractivity contribution < 1.29 is 24.0 Å². The summed E-state index contributed by atoms with van der Waals surface area (Å²) in [7, 11) is 4.29. The van der Waals surface area contributed by atoms with Gasteiger partial charge in [0.1, 0.15) is 12.1 Å². The van der Waals surface area contributed by atoms with Gasteiger partial charge in [-0.1, -0.05) is 20.8 Å². The lowest BCUT2D eigenvalue weighted by Gasteiger charge is -2.38. The summed E-state index contributed by atoms with van der Waals surface area (Å²) in [6.45, 7) is 8.82. The van der Waals surface area contributed by atoms with Crippen molar-refractivity contribution in [3.8, 4) is 0 Å². The number of carbonyl (C=O) groups excluding carboxylic acids is 2. The van der Waals surface area contributed by atoms with Gasteiger partial charge in [-0.15, -0.1) is 0 Å². The van der Waals surface area contributed by atoms with Gasteiger partial charge in [-0.05, 0) is 12.3 Å². The van der Waals surface area contributed by atoms with Crippen LogP contribution < -0.4 is 10.6 Å². The first-order valence-corrected chi connectivity index (χ1v) is 8.49. The topological polar surface area (TPSA) is 95.5 Å². The number of hydrogen-bond acceptors (Lipinski definition) is 3. The smallest absolute Gasteiger partial charge is 0.325 e. The Kier molecular flexibility index (Phi) is 6.38. The van der Waals surface area contributed by atoms with Gasteiger partial charge in [0.15, 0.2) is 0 Å². The Morgan fingerprint density at radius 2 is 1.58 bits per heavy atom. The first-order valence-electron chi connectivity index (χ1n) is 8.49. The predicted octanol–water partition coefficient (Wildman–Crippen LogP) is 0.593. The third-order valence-corrected chi connectivity index (χ3v) is 4.68.